The number of nitrogens with one attached hydrogen (secondary N) is 1. The number of halogens is 1. The fourth-order valence-corrected chi connectivity index (χ4v) is 3.32. The molecular formula is C14H10ClNO6S. The Morgan fingerprint density at radius 2 is 1.43 bits per heavy atom. The van der Waals surface area contributed by atoms with Crippen molar-refractivity contribution in [2.45, 2.75) is 4.90 Å². The maximum Gasteiger partial charge on any atom is 0.335 e. The van der Waals surface area contributed by atoms with Crippen LogP contribution in [0.5, 0.6) is 0 Å². The second-order valence-corrected chi connectivity index (χ2v) is 6.50. The van der Waals surface area contributed by atoms with Gasteiger partial charge in [-0.25, -0.2) is 18.0 Å². The molecule has 0 saturated carbocycles. The quantitative estimate of drug-likeness (QED) is 0.757. The highest BCUT2D eigenvalue weighted by atomic mass is 35.5. The highest BCUT2D eigenvalue weighted by molar-refractivity contribution is 7.92. The highest BCUT2D eigenvalue weighted by Gasteiger charge is 2.20. The largest absolute Gasteiger partial charge is 0.478 e. The molecule has 9 heteroatoms. The van der Waals surface area contributed by atoms with Gasteiger partial charge in [-0.1, -0.05) is 11.6 Å². The summed E-state index contributed by atoms with van der Waals surface area (Å²) in [6.07, 6.45) is 0. The molecule has 0 aromatic heterocycles. The van der Waals surface area contributed by atoms with E-state index in [-0.39, 0.29) is 26.7 Å². The molecule has 0 amide bonds. The summed E-state index contributed by atoms with van der Waals surface area (Å²) in [4.78, 5) is 21.3. The van der Waals surface area contributed by atoms with Crippen LogP contribution in [0, 0.1) is 0 Å². The maximum absolute atomic E-state index is 12.3. The predicted octanol–water partition coefficient (Wildman–Crippen LogP) is 2.54. The van der Waals surface area contributed by atoms with Crippen molar-refractivity contribution in [3.8, 4) is 0 Å². The number of carboxylic acid groups (broad SMARTS) is 2. The van der Waals surface area contributed by atoms with Crippen LogP contribution >= 0.6 is 11.6 Å². The lowest BCUT2D eigenvalue weighted by Gasteiger charge is -2.10. The average molecular weight is 356 g/mol. The zero-order valence-corrected chi connectivity index (χ0v) is 12.9. The number of aromatic carboxylic acids is 2. The van der Waals surface area contributed by atoms with E-state index in [1.54, 1.807) is 0 Å². The van der Waals surface area contributed by atoms with E-state index >= 15 is 0 Å². The second kappa shape index (κ2) is 6.27. The van der Waals surface area contributed by atoms with Gasteiger partial charge >= 0.3 is 11.9 Å². The third-order valence-electron chi connectivity index (χ3n) is 2.85. The lowest BCUT2D eigenvalue weighted by molar-refractivity contribution is 0.0686. The molecular weight excluding hydrogens is 346 g/mol. The van der Waals surface area contributed by atoms with Crippen molar-refractivity contribution in [1.29, 1.82) is 0 Å². The number of benzene rings is 2. The zero-order valence-electron chi connectivity index (χ0n) is 11.4. The molecule has 23 heavy (non-hydrogen) atoms. The molecule has 7 nitrogen and oxygen atoms in total. The highest BCUT2D eigenvalue weighted by Crippen LogP contribution is 2.25. The minimum absolute atomic E-state index is 0.00106. The summed E-state index contributed by atoms with van der Waals surface area (Å²) in [6.45, 7) is 0. The van der Waals surface area contributed by atoms with Gasteiger partial charge in [-0.05, 0) is 42.5 Å². The van der Waals surface area contributed by atoms with Gasteiger partial charge in [0.1, 0.15) is 4.90 Å². The molecule has 0 aliphatic heterocycles. The van der Waals surface area contributed by atoms with Gasteiger partial charge in [0.05, 0.1) is 16.1 Å². The number of rotatable bonds is 5. The van der Waals surface area contributed by atoms with Crippen LogP contribution in [-0.2, 0) is 10.0 Å². The summed E-state index contributed by atoms with van der Waals surface area (Å²) >= 11 is 5.83. The molecule has 0 bridgehead atoms. The Morgan fingerprint density at radius 1 is 0.913 bits per heavy atom. The Kier molecular flexibility index (Phi) is 4.57. The molecule has 0 fully saturated rings. The smallest absolute Gasteiger partial charge is 0.335 e. The number of sulfonamides is 1. The van der Waals surface area contributed by atoms with Crippen molar-refractivity contribution in [3.63, 3.8) is 0 Å². The van der Waals surface area contributed by atoms with Crippen LogP contribution in [0.25, 0.3) is 0 Å². The van der Waals surface area contributed by atoms with Crippen molar-refractivity contribution >= 4 is 39.3 Å². The summed E-state index contributed by atoms with van der Waals surface area (Å²) in [5.74, 6) is -2.43. The third kappa shape index (κ3) is 3.79. The van der Waals surface area contributed by atoms with Crippen LogP contribution in [0.2, 0.25) is 5.02 Å². The number of carboxylic acids is 2. The molecule has 0 radical (unpaired) electrons. The molecule has 120 valence electrons. The van der Waals surface area contributed by atoms with Gasteiger partial charge in [0.15, 0.2) is 0 Å². The van der Waals surface area contributed by atoms with Gasteiger partial charge in [-0.3, -0.25) is 4.72 Å². The topological polar surface area (TPSA) is 121 Å². The average Bonchev–Trinajstić information content (AvgIpc) is 2.47. The number of hydrogen-bond donors (Lipinski definition) is 3. The van der Waals surface area contributed by atoms with Crippen LogP contribution < -0.4 is 4.72 Å². The molecule has 0 aliphatic carbocycles. The summed E-state index contributed by atoms with van der Waals surface area (Å²) < 4.78 is 26.8. The molecule has 0 saturated heterocycles. The molecule has 0 atom stereocenters. The first-order chi connectivity index (χ1) is 10.7. The van der Waals surface area contributed by atoms with E-state index in [1.165, 1.54) is 36.4 Å². The summed E-state index contributed by atoms with van der Waals surface area (Å²) in [5.41, 5.74) is -0.110. The first kappa shape index (κ1) is 16.8. The van der Waals surface area contributed by atoms with E-state index in [9.17, 15) is 18.0 Å². The van der Waals surface area contributed by atoms with Crippen LogP contribution in [0.3, 0.4) is 0 Å². The third-order valence-corrected chi connectivity index (χ3v) is 4.71. The normalized spacial score (nSPS) is 11.0. The van der Waals surface area contributed by atoms with E-state index in [0.29, 0.717) is 0 Å². The number of carbonyl (C=O) groups is 2. The minimum Gasteiger partial charge on any atom is -0.478 e. The molecule has 2 aromatic carbocycles. The van der Waals surface area contributed by atoms with E-state index in [0.717, 1.165) is 6.07 Å². The van der Waals surface area contributed by atoms with E-state index in [2.05, 4.69) is 4.72 Å². The van der Waals surface area contributed by atoms with Crippen LogP contribution in [-0.4, -0.2) is 30.6 Å². The zero-order chi connectivity index (χ0) is 17.2. The maximum atomic E-state index is 12.3. The van der Waals surface area contributed by atoms with Crippen LogP contribution in [0.15, 0.2) is 47.4 Å². The van der Waals surface area contributed by atoms with E-state index in [4.69, 9.17) is 21.8 Å². The molecule has 2 rings (SSSR count). The van der Waals surface area contributed by atoms with Gasteiger partial charge in [0.25, 0.3) is 10.0 Å². The van der Waals surface area contributed by atoms with Crippen molar-refractivity contribution in [3.05, 3.63) is 58.6 Å². The molecule has 0 spiro atoms. The van der Waals surface area contributed by atoms with Gasteiger partial charge in [0.2, 0.25) is 0 Å². The van der Waals surface area contributed by atoms with Crippen molar-refractivity contribution in [1.82, 2.24) is 0 Å². The molecule has 0 heterocycles. The lowest BCUT2D eigenvalue weighted by Crippen LogP contribution is -2.14. The lowest BCUT2D eigenvalue weighted by atomic mass is 10.2. The number of anilines is 1. The van der Waals surface area contributed by atoms with Gasteiger partial charge in [-0.15, -0.1) is 0 Å². The summed E-state index contributed by atoms with van der Waals surface area (Å²) in [7, 11) is -4.13. The standard InChI is InChI=1S/C14H10ClNO6S/c15-11-6-3-9(14(19)20)7-12(11)23(21,22)16-10-4-1-8(2-5-10)13(17)18/h1-7,16H,(H,17,18)(H,19,20). The summed E-state index contributed by atoms with van der Waals surface area (Å²) in [5, 5.41) is 17.6. The Labute approximate surface area is 136 Å². The fourth-order valence-electron chi connectivity index (χ4n) is 1.73. The monoisotopic (exact) mass is 355 g/mol. The second-order valence-electron chi connectivity index (χ2n) is 4.44. The number of hydrogen-bond acceptors (Lipinski definition) is 4. The Hall–Kier alpha value is -2.58. The molecule has 0 unspecified atom stereocenters. The molecule has 3 N–H and O–H groups in total. The van der Waals surface area contributed by atoms with Crippen molar-refractivity contribution in [2.75, 3.05) is 4.72 Å². The Morgan fingerprint density at radius 3 is 1.96 bits per heavy atom. The van der Waals surface area contributed by atoms with E-state index < -0.39 is 22.0 Å². The van der Waals surface area contributed by atoms with Crippen LogP contribution in [0.1, 0.15) is 20.7 Å². The van der Waals surface area contributed by atoms with E-state index in [1.807, 2.05) is 0 Å². The molecule has 2 aromatic rings. The van der Waals surface area contributed by atoms with Crippen LogP contribution in [0.4, 0.5) is 5.69 Å². The van der Waals surface area contributed by atoms with Gasteiger partial charge < -0.3 is 10.2 Å². The van der Waals surface area contributed by atoms with Gasteiger partial charge in [-0.2, -0.15) is 0 Å². The fraction of sp³-hybridized carbons (Fsp3) is 0. The van der Waals surface area contributed by atoms with Crippen molar-refractivity contribution in [2.24, 2.45) is 0 Å². The Balaban J connectivity index is 2.37. The molecule has 0 aliphatic rings. The first-order valence-corrected chi connectivity index (χ1v) is 7.96. The summed E-state index contributed by atoms with van der Waals surface area (Å²) in [6, 6.07) is 8.31. The first-order valence-electron chi connectivity index (χ1n) is 6.10. The predicted molar refractivity (Wildman–Crippen MR) is 82.6 cm³/mol. The SMILES string of the molecule is O=C(O)c1ccc(NS(=O)(=O)c2cc(C(=O)O)ccc2Cl)cc1. The van der Waals surface area contributed by atoms with Crippen molar-refractivity contribution < 1.29 is 28.2 Å². The Bertz CT molecular complexity index is 877. The van der Waals surface area contributed by atoms with Gasteiger partial charge in [0, 0.05) is 5.69 Å². The minimum atomic E-state index is -4.13.